The fourth-order valence-electron chi connectivity index (χ4n) is 3.94. The van der Waals surface area contributed by atoms with Crippen LogP contribution in [0.4, 0.5) is 5.82 Å². The number of nitrogens with zero attached hydrogens (tertiary/aromatic N) is 4. The van der Waals surface area contributed by atoms with Crippen molar-refractivity contribution in [1.82, 2.24) is 19.9 Å². The number of hydrogen-bond acceptors (Lipinski definition) is 5. The third-order valence-electron chi connectivity index (χ3n) is 5.36. The molecule has 0 aromatic carbocycles. The van der Waals surface area contributed by atoms with Gasteiger partial charge in [-0.15, -0.1) is 0 Å². The first kappa shape index (κ1) is 18.0. The summed E-state index contributed by atoms with van der Waals surface area (Å²) < 4.78 is 5.45. The molecule has 2 aliphatic rings. The number of aromatic amines is 1. The van der Waals surface area contributed by atoms with E-state index in [1.165, 1.54) is 0 Å². The number of morpholine rings is 1. The Morgan fingerprint density at radius 2 is 2.00 bits per heavy atom. The molecule has 0 aliphatic carbocycles. The van der Waals surface area contributed by atoms with Crippen molar-refractivity contribution in [3.05, 3.63) is 41.1 Å². The lowest BCUT2D eigenvalue weighted by Gasteiger charge is -2.33. The fraction of sp³-hybridized carbons (Fsp3) is 0.550. The van der Waals surface area contributed by atoms with E-state index in [9.17, 15) is 4.79 Å². The van der Waals surface area contributed by atoms with Crippen molar-refractivity contribution < 1.29 is 9.53 Å². The lowest BCUT2D eigenvalue weighted by Crippen LogP contribution is -2.40. The highest BCUT2D eigenvalue weighted by Crippen LogP contribution is 2.28. The molecule has 4 rings (SSSR count). The Labute approximate surface area is 159 Å². The van der Waals surface area contributed by atoms with Crippen LogP contribution in [-0.2, 0) is 4.74 Å². The van der Waals surface area contributed by atoms with Crippen molar-refractivity contribution in [1.29, 1.82) is 0 Å². The van der Waals surface area contributed by atoms with Gasteiger partial charge in [0.25, 0.3) is 5.91 Å². The number of aryl methyl sites for hydroxylation is 2. The molecule has 7 nitrogen and oxygen atoms in total. The summed E-state index contributed by atoms with van der Waals surface area (Å²) in [6.07, 6.45) is 3.91. The van der Waals surface area contributed by atoms with Crippen LogP contribution in [0.5, 0.6) is 0 Å². The van der Waals surface area contributed by atoms with Gasteiger partial charge in [0.2, 0.25) is 0 Å². The van der Waals surface area contributed by atoms with E-state index in [4.69, 9.17) is 9.72 Å². The van der Waals surface area contributed by atoms with E-state index in [1.54, 1.807) is 0 Å². The van der Waals surface area contributed by atoms with E-state index in [0.717, 1.165) is 68.6 Å². The molecule has 1 unspecified atom stereocenters. The van der Waals surface area contributed by atoms with Crippen LogP contribution in [0.2, 0.25) is 0 Å². The highest BCUT2D eigenvalue weighted by atomic mass is 16.5. The van der Waals surface area contributed by atoms with Crippen LogP contribution < -0.4 is 4.90 Å². The van der Waals surface area contributed by atoms with Gasteiger partial charge in [-0.25, -0.2) is 9.97 Å². The molecule has 2 saturated heterocycles. The van der Waals surface area contributed by atoms with Crippen LogP contribution in [0.3, 0.4) is 0 Å². The molecule has 0 radical (unpaired) electrons. The van der Waals surface area contributed by atoms with Gasteiger partial charge in [-0.05, 0) is 38.3 Å². The number of nitrogens with one attached hydrogen (secondary N) is 1. The summed E-state index contributed by atoms with van der Waals surface area (Å²) in [4.78, 5) is 29.4. The van der Waals surface area contributed by atoms with E-state index in [-0.39, 0.29) is 11.8 Å². The standard InChI is InChI=1S/C20H27N5O2/c1-14-10-18(21-12-14)20(26)25-5-3-4-16(13-25)17-11-19(23-15(2)22-17)24-6-8-27-9-7-24/h10-12,16,21H,3-9,13H2,1-2H3. The van der Waals surface area contributed by atoms with Gasteiger partial charge in [-0.1, -0.05) is 0 Å². The fourth-order valence-corrected chi connectivity index (χ4v) is 3.94. The lowest BCUT2D eigenvalue weighted by atomic mass is 9.94. The monoisotopic (exact) mass is 369 g/mol. The van der Waals surface area contributed by atoms with Gasteiger partial charge >= 0.3 is 0 Å². The predicted octanol–water partition coefficient (Wildman–Crippen LogP) is 2.28. The zero-order valence-electron chi connectivity index (χ0n) is 16.1. The maximum Gasteiger partial charge on any atom is 0.270 e. The van der Waals surface area contributed by atoms with Crippen LogP contribution in [0.25, 0.3) is 0 Å². The number of hydrogen-bond donors (Lipinski definition) is 1. The molecule has 4 heterocycles. The minimum absolute atomic E-state index is 0.0759. The average molecular weight is 369 g/mol. The summed E-state index contributed by atoms with van der Waals surface area (Å²) in [6.45, 7) is 8.63. The first-order valence-corrected chi connectivity index (χ1v) is 9.73. The van der Waals surface area contributed by atoms with Crippen molar-refractivity contribution in [3.63, 3.8) is 0 Å². The van der Waals surface area contributed by atoms with Gasteiger partial charge in [-0.2, -0.15) is 0 Å². The van der Waals surface area contributed by atoms with E-state index in [2.05, 4.69) is 20.9 Å². The largest absolute Gasteiger partial charge is 0.378 e. The first-order valence-electron chi connectivity index (χ1n) is 9.73. The van der Waals surface area contributed by atoms with Crippen molar-refractivity contribution >= 4 is 11.7 Å². The maximum absolute atomic E-state index is 12.8. The second-order valence-electron chi connectivity index (χ2n) is 7.48. The van der Waals surface area contributed by atoms with Gasteiger partial charge in [0.15, 0.2) is 0 Å². The molecule has 2 fully saturated rings. The molecule has 7 heteroatoms. The number of carbonyl (C=O) groups excluding carboxylic acids is 1. The Morgan fingerprint density at radius 3 is 2.74 bits per heavy atom. The molecule has 0 spiro atoms. The Hall–Kier alpha value is -2.41. The number of ether oxygens (including phenoxy) is 1. The summed E-state index contributed by atoms with van der Waals surface area (Å²) in [5.74, 6) is 2.09. The molecular weight excluding hydrogens is 342 g/mol. The molecule has 1 amide bonds. The number of aromatic nitrogens is 3. The smallest absolute Gasteiger partial charge is 0.270 e. The number of carbonyl (C=O) groups is 1. The lowest BCUT2D eigenvalue weighted by molar-refractivity contribution is 0.0700. The summed E-state index contributed by atoms with van der Waals surface area (Å²) in [7, 11) is 0. The Balaban J connectivity index is 1.52. The van der Waals surface area contributed by atoms with Gasteiger partial charge < -0.3 is 19.5 Å². The SMILES string of the molecule is Cc1c[nH]c(C(=O)N2CCCC(c3cc(N4CCOCC4)nc(C)n3)C2)c1. The molecule has 0 saturated carbocycles. The van der Waals surface area contributed by atoms with Crippen molar-refractivity contribution in [2.24, 2.45) is 0 Å². The zero-order chi connectivity index (χ0) is 18.8. The topological polar surface area (TPSA) is 74.4 Å². The third-order valence-corrected chi connectivity index (χ3v) is 5.36. The molecule has 1 N–H and O–H groups in total. The molecular formula is C20H27N5O2. The predicted molar refractivity (Wildman–Crippen MR) is 103 cm³/mol. The van der Waals surface area contributed by atoms with E-state index in [0.29, 0.717) is 12.2 Å². The normalized spacial score (nSPS) is 20.7. The summed E-state index contributed by atoms with van der Waals surface area (Å²) in [5.41, 5.74) is 2.79. The molecule has 144 valence electrons. The summed E-state index contributed by atoms with van der Waals surface area (Å²) >= 11 is 0. The molecule has 0 bridgehead atoms. The van der Waals surface area contributed by atoms with Crippen molar-refractivity contribution in [3.8, 4) is 0 Å². The van der Waals surface area contributed by atoms with E-state index in [1.807, 2.05) is 31.0 Å². The van der Waals surface area contributed by atoms with E-state index < -0.39 is 0 Å². The minimum atomic E-state index is 0.0759. The van der Waals surface area contributed by atoms with Crippen LogP contribution in [0, 0.1) is 13.8 Å². The van der Waals surface area contributed by atoms with Crippen molar-refractivity contribution in [2.45, 2.75) is 32.6 Å². The molecule has 2 aliphatic heterocycles. The van der Waals surface area contributed by atoms with Crippen LogP contribution >= 0.6 is 0 Å². The molecule has 2 aromatic rings. The second kappa shape index (κ2) is 7.68. The second-order valence-corrected chi connectivity index (χ2v) is 7.48. The van der Waals surface area contributed by atoms with Crippen LogP contribution in [0.1, 0.15) is 46.3 Å². The maximum atomic E-state index is 12.8. The van der Waals surface area contributed by atoms with Crippen LogP contribution in [0.15, 0.2) is 18.3 Å². The average Bonchev–Trinajstić information content (AvgIpc) is 3.14. The quantitative estimate of drug-likeness (QED) is 0.898. The minimum Gasteiger partial charge on any atom is -0.378 e. The zero-order valence-corrected chi connectivity index (χ0v) is 16.1. The molecule has 2 aromatic heterocycles. The molecule has 27 heavy (non-hydrogen) atoms. The summed E-state index contributed by atoms with van der Waals surface area (Å²) in [6, 6.07) is 4.02. The van der Waals surface area contributed by atoms with Gasteiger partial charge in [0, 0.05) is 44.4 Å². The third kappa shape index (κ3) is 3.98. The highest BCUT2D eigenvalue weighted by Gasteiger charge is 2.28. The number of amides is 1. The molecule has 1 atom stereocenters. The Bertz CT molecular complexity index is 812. The Kier molecular flexibility index (Phi) is 5.11. The number of anilines is 1. The summed E-state index contributed by atoms with van der Waals surface area (Å²) in [5, 5.41) is 0. The number of likely N-dealkylation sites (tertiary alicyclic amines) is 1. The van der Waals surface area contributed by atoms with Gasteiger partial charge in [-0.3, -0.25) is 4.79 Å². The number of piperidine rings is 1. The Morgan fingerprint density at radius 1 is 1.19 bits per heavy atom. The van der Waals surface area contributed by atoms with Gasteiger partial charge in [0.05, 0.1) is 18.9 Å². The van der Waals surface area contributed by atoms with Crippen molar-refractivity contribution in [2.75, 3.05) is 44.3 Å². The van der Waals surface area contributed by atoms with Gasteiger partial charge in [0.1, 0.15) is 17.3 Å². The van der Waals surface area contributed by atoms with E-state index >= 15 is 0 Å². The number of rotatable bonds is 3. The van der Waals surface area contributed by atoms with Crippen LogP contribution in [-0.4, -0.2) is 65.2 Å². The first-order chi connectivity index (χ1) is 13.1. The number of H-pyrrole nitrogens is 1. The highest BCUT2D eigenvalue weighted by molar-refractivity contribution is 5.92.